The van der Waals surface area contributed by atoms with Crippen LogP contribution >= 0.6 is 0 Å². The van der Waals surface area contributed by atoms with Gasteiger partial charge in [-0.3, -0.25) is 0 Å². The second-order valence-corrected chi connectivity index (χ2v) is 7.33. The van der Waals surface area contributed by atoms with Gasteiger partial charge in [-0.2, -0.15) is 0 Å². The molecule has 122 valence electrons. The lowest BCUT2D eigenvalue weighted by Crippen LogP contribution is -2.41. The predicted octanol–water partition coefficient (Wildman–Crippen LogP) is 4.26. The smallest absolute Gasteiger partial charge is 0.456 e. The lowest BCUT2D eigenvalue weighted by atomic mass is 9.77. The van der Waals surface area contributed by atoms with Crippen molar-refractivity contribution in [1.29, 1.82) is 0 Å². The molecule has 0 unspecified atom stereocenters. The average Bonchev–Trinajstić information content (AvgIpc) is 2.68. The Kier molecular flexibility index (Phi) is 3.38. The van der Waals surface area contributed by atoms with Crippen molar-refractivity contribution >= 4 is 24.7 Å². The van der Waals surface area contributed by atoms with E-state index >= 15 is 0 Å². The fourth-order valence-corrected chi connectivity index (χ4v) is 2.98. The highest BCUT2D eigenvalue weighted by atomic mass is 16.7. The van der Waals surface area contributed by atoms with Crippen LogP contribution in [0.2, 0.25) is 0 Å². The second kappa shape index (κ2) is 5.23. The van der Waals surface area contributed by atoms with Crippen LogP contribution in [-0.4, -0.2) is 18.3 Å². The van der Waals surface area contributed by atoms with Crippen LogP contribution < -0.4 is 10.2 Å². The van der Waals surface area contributed by atoms with Gasteiger partial charge in [0.25, 0.3) is 0 Å². The van der Waals surface area contributed by atoms with Crippen molar-refractivity contribution in [1.82, 2.24) is 0 Å². The number of ether oxygens (including phenoxy) is 1. The van der Waals surface area contributed by atoms with E-state index in [0.29, 0.717) is 0 Å². The van der Waals surface area contributed by atoms with Crippen LogP contribution in [0.1, 0.15) is 38.8 Å². The minimum atomic E-state index is -0.441. The third-order valence-electron chi connectivity index (χ3n) is 5.16. The van der Waals surface area contributed by atoms with E-state index in [1.54, 1.807) is 0 Å². The predicted molar refractivity (Wildman–Crippen MR) is 97.6 cm³/mol. The fourth-order valence-electron chi connectivity index (χ4n) is 2.98. The van der Waals surface area contributed by atoms with Crippen LogP contribution in [-0.2, 0) is 9.31 Å². The van der Waals surface area contributed by atoms with Crippen LogP contribution in [0.4, 0.5) is 0 Å². The summed E-state index contributed by atoms with van der Waals surface area (Å²) in [5, 5.41) is 0. The highest BCUT2D eigenvalue weighted by Gasteiger charge is 2.52. The molecule has 0 aliphatic carbocycles. The van der Waals surface area contributed by atoms with Gasteiger partial charge in [0.15, 0.2) is 0 Å². The fraction of sp³-hybridized carbons (Fsp3) is 0.300. The lowest BCUT2D eigenvalue weighted by molar-refractivity contribution is 0.00578. The van der Waals surface area contributed by atoms with E-state index in [2.05, 4.69) is 39.8 Å². The van der Waals surface area contributed by atoms with Gasteiger partial charge in [-0.1, -0.05) is 48.6 Å². The highest BCUT2D eigenvalue weighted by molar-refractivity contribution is 6.63. The van der Waals surface area contributed by atoms with Gasteiger partial charge in [-0.25, -0.2) is 0 Å². The molecule has 3 nitrogen and oxygen atoms in total. The molecule has 4 rings (SSSR count). The number of hydrogen-bond donors (Lipinski definition) is 0. The molecule has 0 spiro atoms. The molecule has 0 amide bonds. The molecule has 2 aliphatic rings. The van der Waals surface area contributed by atoms with E-state index in [1.807, 2.05) is 42.5 Å². The summed E-state index contributed by atoms with van der Waals surface area (Å²) in [5.74, 6) is 1.65. The zero-order valence-corrected chi connectivity index (χ0v) is 14.5. The van der Waals surface area contributed by atoms with Gasteiger partial charge in [0, 0.05) is 16.6 Å². The molecule has 0 atom stereocenters. The Hall–Kier alpha value is -2.04. The lowest BCUT2D eigenvalue weighted by Gasteiger charge is -2.32. The van der Waals surface area contributed by atoms with Crippen molar-refractivity contribution in [2.24, 2.45) is 0 Å². The molecule has 2 aromatic carbocycles. The Balaban J connectivity index is 1.79. The van der Waals surface area contributed by atoms with Gasteiger partial charge in [-0.05, 0) is 33.8 Å². The van der Waals surface area contributed by atoms with Crippen molar-refractivity contribution in [3.63, 3.8) is 0 Å². The van der Waals surface area contributed by atoms with Gasteiger partial charge in [-0.15, -0.1) is 0 Å². The number of benzene rings is 2. The van der Waals surface area contributed by atoms with E-state index in [1.165, 1.54) is 0 Å². The topological polar surface area (TPSA) is 27.7 Å². The Morgan fingerprint density at radius 3 is 2.12 bits per heavy atom. The van der Waals surface area contributed by atoms with Crippen LogP contribution in [0.3, 0.4) is 0 Å². The van der Waals surface area contributed by atoms with E-state index in [0.717, 1.165) is 28.1 Å². The molecule has 1 saturated heterocycles. The van der Waals surface area contributed by atoms with Gasteiger partial charge in [0.1, 0.15) is 11.5 Å². The molecule has 24 heavy (non-hydrogen) atoms. The van der Waals surface area contributed by atoms with Crippen LogP contribution in [0, 0.1) is 0 Å². The van der Waals surface area contributed by atoms with Crippen molar-refractivity contribution in [3.05, 3.63) is 53.6 Å². The van der Waals surface area contributed by atoms with Crippen molar-refractivity contribution in [3.8, 4) is 11.5 Å². The molecule has 0 bridgehead atoms. The second-order valence-electron chi connectivity index (χ2n) is 7.33. The summed E-state index contributed by atoms with van der Waals surface area (Å²) >= 11 is 0. The maximum Gasteiger partial charge on any atom is 0.498 e. The molecule has 2 aromatic rings. The van der Waals surface area contributed by atoms with Crippen molar-refractivity contribution in [2.45, 2.75) is 38.9 Å². The third kappa shape index (κ3) is 2.38. The SMILES string of the molecule is CC1(C)OB(c2cccc3c2Oc2ccccc2C=C3)OC1(C)C. The Morgan fingerprint density at radius 2 is 1.38 bits per heavy atom. The highest BCUT2D eigenvalue weighted by Crippen LogP contribution is 2.39. The summed E-state index contributed by atoms with van der Waals surface area (Å²) in [5.41, 5.74) is 2.26. The largest absolute Gasteiger partial charge is 0.498 e. The molecule has 2 heterocycles. The first-order valence-corrected chi connectivity index (χ1v) is 8.31. The number of hydrogen-bond acceptors (Lipinski definition) is 3. The number of rotatable bonds is 1. The van der Waals surface area contributed by atoms with Crippen LogP contribution in [0.25, 0.3) is 12.2 Å². The molecular weight excluding hydrogens is 299 g/mol. The van der Waals surface area contributed by atoms with E-state index in [9.17, 15) is 0 Å². The molecule has 4 heteroatoms. The average molecular weight is 320 g/mol. The monoisotopic (exact) mass is 320 g/mol. The Morgan fingerprint density at radius 1 is 0.750 bits per heavy atom. The minimum absolute atomic E-state index is 0.376. The molecule has 0 aromatic heterocycles. The molecule has 0 N–H and O–H groups in total. The summed E-state index contributed by atoms with van der Waals surface area (Å²) in [6.45, 7) is 8.24. The summed E-state index contributed by atoms with van der Waals surface area (Å²) in [4.78, 5) is 0. The first-order valence-electron chi connectivity index (χ1n) is 8.31. The first kappa shape index (κ1) is 15.5. The van der Waals surface area contributed by atoms with E-state index < -0.39 is 7.12 Å². The van der Waals surface area contributed by atoms with Gasteiger partial charge < -0.3 is 14.0 Å². The zero-order chi connectivity index (χ0) is 16.9. The third-order valence-corrected chi connectivity index (χ3v) is 5.16. The normalized spacial score (nSPS) is 20.1. The summed E-state index contributed by atoms with van der Waals surface area (Å²) in [6.07, 6.45) is 4.16. The first-order chi connectivity index (χ1) is 11.4. The van der Waals surface area contributed by atoms with Gasteiger partial charge >= 0.3 is 7.12 Å². The van der Waals surface area contributed by atoms with Gasteiger partial charge in [0.2, 0.25) is 0 Å². The maximum atomic E-state index is 6.26. The van der Waals surface area contributed by atoms with Crippen molar-refractivity contribution in [2.75, 3.05) is 0 Å². The van der Waals surface area contributed by atoms with Crippen LogP contribution in [0.15, 0.2) is 42.5 Å². The molecule has 0 radical (unpaired) electrons. The van der Waals surface area contributed by atoms with E-state index in [-0.39, 0.29) is 11.2 Å². The zero-order valence-electron chi connectivity index (χ0n) is 14.5. The Labute approximate surface area is 143 Å². The molecule has 1 fully saturated rings. The summed E-state index contributed by atoms with van der Waals surface area (Å²) < 4.78 is 18.7. The summed E-state index contributed by atoms with van der Waals surface area (Å²) in [7, 11) is -0.441. The number of fused-ring (bicyclic) bond motifs is 2. The molecule has 2 aliphatic heterocycles. The molecular formula is C20H21BO3. The standard InChI is InChI=1S/C20H21BO3/c1-19(2)20(3,4)24-21(23-19)16-10-7-9-15-13-12-14-8-5-6-11-17(14)22-18(15)16/h5-13H,1-4H3. The van der Waals surface area contributed by atoms with Gasteiger partial charge in [0.05, 0.1) is 11.2 Å². The Bertz CT molecular complexity index is 807. The maximum absolute atomic E-state index is 6.26. The minimum Gasteiger partial charge on any atom is -0.456 e. The molecule has 0 saturated carbocycles. The summed E-state index contributed by atoms with van der Waals surface area (Å²) in [6, 6.07) is 14.1. The van der Waals surface area contributed by atoms with E-state index in [4.69, 9.17) is 14.0 Å². The van der Waals surface area contributed by atoms with Crippen molar-refractivity contribution < 1.29 is 14.0 Å². The number of para-hydroxylation sites is 2. The quantitative estimate of drug-likeness (QED) is 0.627. The van der Waals surface area contributed by atoms with Crippen LogP contribution in [0.5, 0.6) is 11.5 Å².